The fourth-order valence-corrected chi connectivity index (χ4v) is 6.63. The molecule has 0 radical (unpaired) electrons. The third-order valence-electron chi connectivity index (χ3n) is 9.69. The molecule has 2 heterocycles. The molecule has 0 spiro atoms. The standard InChI is InChI=1S/C43H51N3O5/c1-44(27-28-46-25-11-6-12-26-46)23-13-14-24-45(2)36-21-19-35(20-22-36)38-29-37(47)41-39(49-31-33-15-7-4-8-16-33)30-40(42(48-3)43(41)51-38)50-32-34-17-9-5-10-18-34/h4-5,7-10,15-22,29-30H,6,11-14,23-28,31-32H2,1-3H3. The summed E-state index contributed by atoms with van der Waals surface area (Å²) in [5.41, 5.74) is 3.97. The largest absolute Gasteiger partial charge is 0.490 e. The number of nitrogens with zero attached hydrogens (tertiary/aromatic N) is 3. The van der Waals surface area contributed by atoms with E-state index in [-0.39, 0.29) is 17.6 Å². The zero-order valence-corrected chi connectivity index (χ0v) is 30.3. The van der Waals surface area contributed by atoms with Gasteiger partial charge in [0.1, 0.15) is 30.1 Å². The summed E-state index contributed by atoms with van der Waals surface area (Å²) in [6.07, 6.45) is 6.36. The molecule has 6 rings (SSSR count). The first-order valence-corrected chi connectivity index (χ1v) is 18.2. The van der Waals surface area contributed by atoms with Crippen molar-refractivity contribution >= 4 is 16.7 Å². The lowest BCUT2D eigenvalue weighted by Gasteiger charge is -2.28. The molecule has 0 bridgehead atoms. The lowest BCUT2D eigenvalue weighted by Crippen LogP contribution is -2.36. The molecule has 5 aromatic rings. The number of likely N-dealkylation sites (N-methyl/N-ethyl adjacent to an activating group) is 1. The first kappa shape index (κ1) is 36.0. The molecule has 51 heavy (non-hydrogen) atoms. The van der Waals surface area contributed by atoms with Crippen molar-refractivity contribution in [3.05, 3.63) is 118 Å². The van der Waals surface area contributed by atoms with Crippen molar-refractivity contribution in [1.82, 2.24) is 9.80 Å². The molecular formula is C43H51N3O5. The Morgan fingerprint density at radius 3 is 2.00 bits per heavy atom. The molecule has 0 saturated carbocycles. The first-order chi connectivity index (χ1) is 25.0. The van der Waals surface area contributed by atoms with Gasteiger partial charge >= 0.3 is 0 Å². The van der Waals surface area contributed by atoms with Gasteiger partial charge in [0, 0.05) is 50.1 Å². The van der Waals surface area contributed by atoms with Gasteiger partial charge in [0.15, 0.2) is 16.8 Å². The highest BCUT2D eigenvalue weighted by molar-refractivity contribution is 5.92. The Kier molecular flexibility index (Phi) is 12.7. The number of unbranched alkanes of at least 4 members (excludes halogenated alkanes) is 1. The second-order valence-electron chi connectivity index (χ2n) is 13.5. The Morgan fingerprint density at radius 1 is 0.725 bits per heavy atom. The minimum atomic E-state index is -0.218. The number of anilines is 1. The SMILES string of the molecule is COc1c(OCc2ccccc2)cc(OCc2ccccc2)c2c(=O)cc(-c3ccc(N(C)CCCCN(C)CCN4CCCCC4)cc3)oc12. The molecular weight excluding hydrogens is 638 g/mol. The maximum atomic E-state index is 13.8. The third kappa shape index (κ3) is 9.72. The smallest absolute Gasteiger partial charge is 0.205 e. The van der Waals surface area contributed by atoms with E-state index in [4.69, 9.17) is 18.6 Å². The van der Waals surface area contributed by atoms with Gasteiger partial charge in [-0.25, -0.2) is 0 Å². The van der Waals surface area contributed by atoms with E-state index in [9.17, 15) is 4.79 Å². The summed E-state index contributed by atoms with van der Waals surface area (Å²) in [5, 5.41) is 0.312. The van der Waals surface area contributed by atoms with Gasteiger partial charge in [-0.15, -0.1) is 0 Å². The molecule has 0 unspecified atom stereocenters. The molecule has 1 aliphatic rings. The van der Waals surface area contributed by atoms with Crippen molar-refractivity contribution in [2.75, 3.05) is 65.4 Å². The maximum Gasteiger partial charge on any atom is 0.205 e. The molecule has 8 nitrogen and oxygen atoms in total. The minimum Gasteiger partial charge on any atom is -0.490 e. The Labute approximate surface area is 302 Å². The summed E-state index contributed by atoms with van der Waals surface area (Å²) in [6.45, 7) is 7.52. The molecule has 0 amide bonds. The van der Waals surface area contributed by atoms with Crippen molar-refractivity contribution in [1.29, 1.82) is 0 Å². The predicted molar refractivity (Wildman–Crippen MR) is 206 cm³/mol. The number of fused-ring (bicyclic) bond motifs is 1. The fourth-order valence-electron chi connectivity index (χ4n) is 6.63. The fraction of sp³-hybridized carbons (Fsp3) is 0.372. The number of hydrogen-bond acceptors (Lipinski definition) is 8. The van der Waals surface area contributed by atoms with Crippen molar-refractivity contribution < 1.29 is 18.6 Å². The van der Waals surface area contributed by atoms with E-state index in [1.807, 2.05) is 72.8 Å². The minimum absolute atomic E-state index is 0.218. The van der Waals surface area contributed by atoms with Crippen molar-refractivity contribution in [2.45, 2.75) is 45.3 Å². The van der Waals surface area contributed by atoms with Crippen LogP contribution in [0.2, 0.25) is 0 Å². The predicted octanol–water partition coefficient (Wildman–Crippen LogP) is 8.26. The summed E-state index contributed by atoms with van der Waals surface area (Å²) < 4.78 is 24.8. The van der Waals surface area contributed by atoms with Gasteiger partial charge in [0.25, 0.3) is 0 Å². The summed E-state index contributed by atoms with van der Waals surface area (Å²) >= 11 is 0. The molecule has 8 heteroatoms. The normalized spacial score (nSPS) is 13.4. The zero-order valence-electron chi connectivity index (χ0n) is 30.3. The van der Waals surface area contributed by atoms with E-state index in [1.165, 1.54) is 45.0 Å². The molecule has 1 saturated heterocycles. The molecule has 1 aromatic heterocycles. The highest BCUT2D eigenvalue weighted by atomic mass is 16.5. The van der Waals surface area contributed by atoms with E-state index >= 15 is 0 Å². The van der Waals surface area contributed by atoms with E-state index in [0.29, 0.717) is 35.0 Å². The molecule has 1 fully saturated rings. The van der Waals surface area contributed by atoms with Crippen LogP contribution in [0, 0.1) is 0 Å². The maximum absolute atomic E-state index is 13.8. The average Bonchev–Trinajstić information content (AvgIpc) is 3.18. The van der Waals surface area contributed by atoms with Crippen molar-refractivity contribution in [3.63, 3.8) is 0 Å². The lowest BCUT2D eigenvalue weighted by molar-refractivity contribution is 0.195. The van der Waals surface area contributed by atoms with E-state index in [1.54, 1.807) is 13.2 Å². The van der Waals surface area contributed by atoms with E-state index < -0.39 is 0 Å². The molecule has 4 aromatic carbocycles. The number of methoxy groups -OCH3 is 1. The Hall–Kier alpha value is -4.79. The number of likely N-dealkylation sites (tertiary alicyclic amines) is 1. The van der Waals surface area contributed by atoms with Crippen LogP contribution in [0.3, 0.4) is 0 Å². The van der Waals surface area contributed by atoms with Gasteiger partial charge in [-0.2, -0.15) is 0 Å². The first-order valence-electron chi connectivity index (χ1n) is 18.2. The van der Waals surface area contributed by atoms with Gasteiger partial charge < -0.3 is 33.3 Å². The van der Waals surface area contributed by atoms with Crippen LogP contribution in [-0.4, -0.2) is 70.3 Å². The Bertz CT molecular complexity index is 1870. The number of benzene rings is 4. The summed E-state index contributed by atoms with van der Waals surface area (Å²) in [4.78, 5) is 21.2. The summed E-state index contributed by atoms with van der Waals surface area (Å²) in [5.74, 6) is 1.60. The van der Waals surface area contributed by atoms with Crippen molar-refractivity contribution in [3.8, 4) is 28.6 Å². The van der Waals surface area contributed by atoms with Gasteiger partial charge in [-0.05, 0) is 87.8 Å². The van der Waals surface area contributed by atoms with Crippen LogP contribution < -0.4 is 24.5 Å². The second-order valence-corrected chi connectivity index (χ2v) is 13.5. The molecule has 0 aliphatic carbocycles. The van der Waals surface area contributed by atoms with Crippen LogP contribution in [0.4, 0.5) is 5.69 Å². The van der Waals surface area contributed by atoms with Crippen LogP contribution in [0.15, 0.2) is 106 Å². The highest BCUT2D eigenvalue weighted by Gasteiger charge is 2.22. The van der Waals surface area contributed by atoms with E-state index in [2.05, 4.69) is 40.9 Å². The van der Waals surface area contributed by atoms with Gasteiger partial charge in [-0.1, -0.05) is 67.1 Å². The third-order valence-corrected chi connectivity index (χ3v) is 9.69. The number of hydrogen-bond donors (Lipinski definition) is 0. The average molecular weight is 690 g/mol. The van der Waals surface area contributed by atoms with Gasteiger partial charge in [0.2, 0.25) is 5.75 Å². The van der Waals surface area contributed by atoms with Crippen LogP contribution in [-0.2, 0) is 13.2 Å². The van der Waals surface area contributed by atoms with Gasteiger partial charge in [0.05, 0.1) is 7.11 Å². The van der Waals surface area contributed by atoms with Crippen LogP contribution >= 0.6 is 0 Å². The zero-order chi connectivity index (χ0) is 35.4. The number of rotatable bonds is 17. The van der Waals surface area contributed by atoms with E-state index in [0.717, 1.165) is 54.9 Å². The topological polar surface area (TPSA) is 67.6 Å². The van der Waals surface area contributed by atoms with Gasteiger partial charge in [-0.3, -0.25) is 4.79 Å². The molecule has 1 aliphatic heterocycles. The highest BCUT2D eigenvalue weighted by Crippen LogP contribution is 2.42. The van der Waals surface area contributed by atoms with Crippen molar-refractivity contribution in [2.24, 2.45) is 0 Å². The monoisotopic (exact) mass is 689 g/mol. The van der Waals surface area contributed by atoms with Crippen LogP contribution in [0.5, 0.6) is 17.2 Å². The lowest BCUT2D eigenvalue weighted by atomic mass is 10.1. The number of piperidine rings is 1. The molecule has 0 N–H and O–H groups in total. The number of ether oxygens (including phenoxy) is 3. The Morgan fingerprint density at radius 2 is 1.35 bits per heavy atom. The molecule has 268 valence electrons. The van der Waals surface area contributed by atoms with Crippen LogP contribution in [0.1, 0.15) is 43.2 Å². The summed E-state index contributed by atoms with van der Waals surface area (Å²) in [6, 6.07) is 31.1. The van der Waals surface area contributed by atoms with Crippen LogP contribution in [0.25, 0.3) is 22.3 Å². The Balaban J connectivity index is 1.16. The molecule has 0 atom stereocenters. The summed E-state index contributed by atoms with van der Waals surface area (Å²) in [7, 11) is 5.92. The quantitative estimate of drug-likeness (QED) is 0.0905. The second kappa shape index (κ2) is 17.9.